The van der Waals surface area contributed by atoms with Crippen LogP contribution in [0.15, 0.2) is 48.8 Å². The molecule has 1 aromatic heterocycles. The highest BCUT2D eigenvalue weighted by Crippen LogP contribution is 2.27. The van der Waals surface area contributed by atoms with Crippen LogP contribution in [-0.4, -0.2) is 64.9 Å². The fourth-order valence-corrected chi connectivity index (χ4v) is 4.34. The Hall–Kier alpha value is -2.77. The number of carbonyl (C=O) groups is 2. The molecule has 1 aromatic carbocycles. The molecule has 1 aliphatic heterocycles. The van der Waals surface area contributed by atoms with E-state index in [4.69, 9.17) is 5.73 Å². The Balaban J connectivity index is 1.86. The third-order valence-electron chi connectivity index (χ3n) is 5.95. The monoisotopic (exact) mass is 437 g/mol. The van der Waals surface area contributed by atoms with Gasteiger partial charge in [0, 0.05) is 51.2 Å². The molecule has 1 saturated heterocycles. The predicted molar refractivity (Wildman–Crippen MR) is 126 cm³/mol. The summed E-state index contributed by atoms with van der Waals surface area (Å²) in [6, 6.07) is 11.4. The Kier molecular flexibility index (Phi) is 8.36. The van der Waals surface area contributed by atoms with Crippen molar-refractivity contribution in [3.63, 3.8) is 0 Å². The van der Waals surface area contributed by atoms with Gasteiger partial charge in [0.05, 0.1) is 5.56 Å². The van der Waals surface area contributed by atoms with Crippen molar-refractivity contribution in [1.29, 1.82) is 0 Å². The number of hydrogen-bond donors (Lipinski definition) is 2. The maximum atomic E-state index is 13.3. The van der Waals surface area contributed by atoms with E-state index in [2.05, 4.69) is 54.2 Å². The van der Waals surface area contributed by atoms with Crippen molar-refractivity contribution in [2.24, 2.45) is 11.7 Å². The van der Waals surface area contributed by atoms with Gasteiger partial charge in [-0.05, 0) is 42.5 Å². The fraction of sp³-hybridized carbons (Fsp3) is 0.480. The number of benzene rings is 1. The first kappa shape index (κ1) is 23.9. The highest BCUT2D eigenvalue weighted by atomic mass is 16.2. The summed E-state index contributed by atoms with van der Waals surface area (Å²) in [6.45, 7) is 9.48. The number of hydrogen-bond acceptors (Lipinski definition) is 5. The molecule has 0 saturated carbocycles. The second-order valence-corrected chi connectivity index (χ2v) is 8.93. The van der Waals surface area contributed by atoms with Gasteiger partial charge in [0.2, 0.25) is 5.91 Å². The molecule has 3 N–H and O–H groups in total. The number of carbonyl (C=O) groups excluding carboxylic acids is 2. The summed E-state index contributed by atoms with van der Waals surface area (Å²) in [5.41, 5.74) is 8.60. The molecular weight excluding hydrogens is 402 g/mol. The van der Waals surface area contributed by atoms with E-state index in [1.54, 1.807) is 29.4 Å². The number of nitrogens with zero attached hydrogens (tertiary/aromatic N) is 3. The van der Waals surface area contributed by atoms with Crippen LogP contribution in [0, 0.1) is 12.8 Å². The summed E-state index contributed by atoms with van der Waals surface area (Å²) in [5, 5.41) is 2.88. The summed E-state index contributed by atoms with van der Waals surface area (Å²) in [5.74, 6) is 0.163. The number of amides is 2. The average Bonchev–Trinajstić information content (AvgIpc) is 3.24. The van der Waals surface area contributed by atoms with Gasteiger partial charge < -0.3 is 16.0 Å². The van der Waals surface area contributed by atoms with Gasteiger partial charge in [-0.25, -0.2) is 0 Å². The summed E-state index contributed by atoms with van der Waals surface area (Å²) >= 11 is 0. The quantitative estimate of drug-likeness (QED) is 0.628. The van der Waals surface area contributed by atoms with E-state index in [-0.39, 0.29) is 17.9 Å². The zero-order chi connectivity index (χ0) is 23.1. The van der Waals surface area contributed by atoms with E-state index in [0.29, 0.717) is 37.5 Å². The number of aromatic nitrogens is 1. The molecule has 7 nitrogen and oxygen atoms in total. The highest BCUT2D eigenvalue weighted by Gasteiger charge is 2.42. The summed E-state index contributed by atoms with van der Waals surface area (Å²) in [4.78, 5) is 34.5. The number of pyridine rings is 1. The lowest BCUT2D eigenvalue weighted by Gasteiger charge is -2.31. The smallest absolute Gasteiger partial charge is 0.256 e. The van der Waals surface area contributed by atoms with Gasteiger partial charge in [0.1, 0.15) is 6.04 Å². The molecule has 7 heteroatoms. The first-order chi connectivity index (χ1) is 15.4. The first-order valence-corrected chi connectivity index (χ1v) is 11.4. The fourth-order valence-electron chi connectivity index (χ4n) is 4.34. The topological polar surface area (TPSA) is 91.6 Å². The molecule has 1 aliphatic rings. The number of nitrogens with two attached hydrogens (primary N) is 1. The molecule has 0 bridgehead atoms. The van der Waals surface area contributed by atoms with Crippen LogP contribution in [0.4, 0.5) is 0 Å². The van der Waals surface area contributed by atoms with Crippen LogP contribution < -0.4 is 11.1 Å². The minimum Gasteiger partial charge on any atom is -0.353 e. The van der Waals surface area contributed by atoms with Gasteiger partial charge >= 0.3 is 0 Å². The van der Waals surface area contributed by atoms with Gasteiger partial charge in [-0.2, -0.15) is 0 Å². The maximum Gasteiger partial charge on any atom is 0.256 e. The van der Waals surface area contributed by atoms with Crippen LogP contribution >= 0.6 is 0 Å². The first-order valence-electron chi connectivity index (χ1n) is 11.4. The van der Waals surface area contributed by atoms with Crippen molar-refractivity contribution in [1.82, 2.24) is 20.1 Å². The van der Waals surface area contributed by atoms with Crippen LogP contribution in [0.3, 0.4) is 0 Å². The lowest BCUT2D eigenvalue weighted by molar-refractivity contribution is -0.124. The lowest BCUT2D eigenvalue weighted by Crippen LogP contribution is -2.47. The molecule has 172 valence electrons. The largest absolute Gasteiger partial charge is 0.353 e. The molecule has 1 fully saturated rings. The van der Waals surface area contributed by atoms with E-state index >= 15 is 0 Å². The average molecular weight is 438 g/mol. The second kappa shape index (κ2) is 11.2. The predicted octanol–water partition coefficient (Wildman–Crippen LogP) is 2.21. The van der Waals surface area contributed by atoms with E-state index < -0.39 is 6.04 Å². The van der Waals surface area contributed by atoms with E-state index in [0.717, 1.165) is 13.1 Å². The van der Waals surface area contributed by atoms with Gasteiger partial charge in [-0.3, -0.25) is 19.5 Å². The molecule has 2 unspecified atom stereocenters. The Labute approximate surface area is 191 Å². The molecule has 3 rings (SSSR count). The number of aryl methyl sites for hydroxylation is 1. The summed E-state index contributed by atoms with van der Waals surface area (Å²) in [6.07, 6.45) is 3.80. The van der Waals surface area contributed by atoms with Crippen LogP contribution in [0.1, 0.15) is 41.8 Å². The van der Waals surface area contributed by atoms with Gasteiger partial charge in [-0.15, -0.1) is 0 Å². The van der Waals surface area contributed by atoms with Crippen molar-refractivity contribution >= 4 is 11.8 Å². The number of rotatable bonds is 9. The van der Waals surface area contributed by atoms with Crippen molar-refractivity contribution in [2.75, 3.05) is 26.2 Å². The number of nitrogens with one attached hydrogen (secondary N) is 1. The Bertz CT molecular complexity index is 902. The Morgan fingerprint density at radius 3 is 2.69 bits per heavy atom. The van der Waals surface area contributed by atoms with Crippen LogP contribution in [0.5, 0.6) is 0 Å². The molecule has 0 aliphatic carbocycles. The normalized spacial score (nSPS) is 18.4. The van der Waals surface area contributed by atoms with Crippen molar-refractivity contribution < 1.29 is 9.59 Å². The minimum atomic E-state index is -0.522. The van der Waals surface area contributed by atoms with Crippen LogP contribution in [0.25, 0.3) is 0 Å². The maximum absolute atomic E-state index is 13.3. The van der Waals surface area contributed by atoms with E-state index in [9.17, 15) is 9.59 Å². The Morgan fingerprint density at radius 1 is 1.25 bits per heavy atom. The summed E-state index contributed by atoms with van der Waals surface area (Å²) < 4.78 is 0. The van der Waals surface area contributed by atoms with E-state index in [1.165, 1.54) is 11.1 Å². The van der Waals surface area contributed by atoms with Gasteiger partial charge in [0.25, 0.3) is 5.91 Å². The van der Waals surface area contributed by atoms with Crippen LogP contribution in [-0.2, 0) is 11.3 Å². The molecule has 2 aromatic rings. The minimum absolute atomic E-state index is 0.0891. The second-order valence-electron chi connectivity index (χ2n) is 8.93. The van der Waals surface area contributed by atoms with Crippen molar-refractivity contribution in [3.8, 4) is 0 Å². The SMILES string of the molecule is Cc1ccccc1CN(CC(C)C)C1CC(C(=O)NCCN)N(C(=O)c2cccnc2)C1. The zero-order valence-electron chi connectivity index (χ0n) is 19.3. The van der Waals surface area contributed by atoms with Crippen molar-refractivity contribution in [3.05, 3.63) is 65.5 Å². The Morgan fingerprint density at radius 2 is 2.03 bits per heavy atom. The zero-order valence-corrected chi connectivity index (χ0v) is 19.3. The van der Waals surface area contributed by atoms with Crippen LogP contribution in [0.2, 0.25) is 0 Å². The third kappa shape index (κ3) is 5.93. The van der Waals surface area contributed by atoms with Gasteiger partial charge in [-0.1, -0.05) is 38.1 Å². The lowest BCUT2D eigenvalue weighted by atomic mass is 10.0. The number of likely N-dealkylation sites (tertiary alicyclic amines) is 1. The molecular formula is C25H35N5O2. The van der Waals surface area contributed by atoms with Gasteiger partial charge in [0.15, 0.2) is 0 Å². The van der Waals surface area contributed by atoms with Crippen molar-refractivity contribution in [2.45, 2.75) is 45.8 Å². The molecule has 0 radical (unpaired) electrons. The molecule has 2 heterocycles. The standard InChI is InChI=1S/C25H35N5O2/c1-18(2)15-29(16-21-8-5-4-7-19(21)3)22-13-23(24(31)28-12-10-26)30(17-22)25(32)20-9-6-11-27-14-20/h4-9,11,14,18,22-23H,10,12-13,15-17,26H2,1-3H3,(H,28,31). The molecule has 32 heavy (non-hydrogen) atoms. The third-order valence-corrected chi connectivity index (χ3v) is 5.95. The summed E-state index contributed by atoms with van der Waals surface area (Å²) in [7, 11) is 0. The highest BCUT2D eigenvalue weighted by molar-refractivity contribution is 5.97. The molecule has 2 atom stereocenters. The van der Waals surface area contributed by atoms with E-state index in [1.807, 2.05) is 6.07 Å². The molecule has 2 amide bonds. The molecule has 0 spiro atoms.